The van der Waals surface area contributed by atoms with Crippen LogP contribution in [-0.2, 0) is 4.74 Å². The van der Waals surface area contributed by atoms with Crippen LogP contribution in [0.5, 0.6) is 11.5 Å². The highest BCUT2D eigenvalue weighted by Gasteiger charge is 2.24. The fourth-order valence-electron chi connectivity index (χ4n) is 1.75. The third-order valence-electron chi connectivity index (χ3n) is 2.49. The smallest absolute Gasteiger partial charge is 0.412 e. The summed E-state index contributed by atoms with van der Waals surface area (Å²) < 4.78 is 15.9. The zero-order valence-corrected chi connectivity index (χ0v) is 14.0. The molecule has 0 aliphatic rings. The van der Waals surface area contributed by atoms with Gasteiger partial charge in [0.15, 0.2) is 11.5 Å². The molecule has 0 fully saturated rings. The Kier molecular flexibility index (Phi) is 6.18. The summed E-state index contributed by atoms with van der Waals surface area (Å²) in [5.74, 6) is 0.557. The fraction of sp³-hybridized carbons (Fsp3) is 0.533. The first kappa shape index (κ1) is 18.5. The number of rotatable bonds is 6. The van der Waals surface area contributed by atoms with Gasteiger partial charge in [0.2, 0.25) is 0 Å². The van der Waals surface area contributed by atoms with E-state index in [4.69, 9.17) is 14.2 Å². The molecule has 8 heteroatoms. The van der Waals surface area contributed by atoms with Gasteiger partial charge in [0, 0.05) is 6.07 Å². The van der Waals surface area contributed by atoms with Crippen molar-refractivity contribution < 1.29 is 23.9 Å². The number of nitrogens with one attached hydrogen (secondary N) is 1. The van der Waals surface area contributed by atoms with Crippen molar-refractivity contribution in [1.82, 2.24) is 0 Å². The van der Waals surface area contributed by atoms with Gasteiger partial charge < -0.3 is 14.2 Å². The zero-order valence-electron chi connectivity index (χ0n) is 14.0. The number of nitrogens with zero attached hydrogens (tertiary/aromatic N) is 1. The van der Waals surface area contributed by atoms with Crippen LogP contribution in [0, 0.1) is 10.1 Å². The molecule has 0 saturated carbocycles. The number of ether oxygens (including phenoxy) is 3. The van der Waals surface area contributed by atoms with E-state index < -0.39 is 16.6 Å². The third kappa shape index (κ3) is 5.65. The second-order valence-corrected chi connectivity index (χ2v) is 5.57. The molecule has 1 aromatic carbocycles. The van der Waals surface area contributed by atoms with Crippen molar-refractivity contribution in [3.8, 4) is 11.5 Å². The third-order valence-corrected chi connectivity index (χ3v) is 2.49. The molecule has 0 heterocycles. The van der Waals surface area contributed by atoms with Crippen molar-refractivity contribution in [3.05, 3.63) is 22.2 Å². The maximum atomic E-state index is 11.9. The van der Waals surface area contributed by atoms with Gasteiger partial charge >= 0.3 is 6.09 Å². The van der Waals surface area contributed by atoms with Crippen molar-refractivity contribution in [3.63, 3.8) is 0 Å². The zero-order chi connectivity index (χ0) is 17.6. The van der Waals surface area contributed by atoms with E-state index in [1.165, 1.54) is 12.1 Å². The maximum absolute atomic E-state index is 11.9. The standard InChI is InChI=1S/C15H22N2O6/c1-6-21-12-8-10(16-14(18)23-15(3,4)5)11(17(19)20)9-13(12)22-7-2/h8-9H,6-7H2,1-5H3,(H,16,18). The Balaban J connectivity index is 3.20. The summed E-state index contributed by atoms with van der Waals surface area (Å²) >= 11 is 0. The second-order valence-electron chi connectivity index (χ2n) is 5.57. The quantitative estimate of drug-likeness (QED) is 0.631. The Morgan fingerprint density at radius 2 is 1.70 bits per heavy atom. The minimum atomic E-state index is -0.785. The molecule has 0 unspecified atom stereocenters. The summed E-state index contributed by atoms with van der Waals surface area (Å²) in [6, 6.07) is 2.58. The van der Waals surface area contributed by atoms with Crippen LogP contribution in [0.2, 0.25) is 0 Å². The van der Waals surface area contributed by atoms with Crippen molar-refractivity contribution in [2.45, 2.75) is 40.2 Å². The van der Waals surface area contributed by atoms with Gasteiger partial charge in [-0.05, 0) is 34.6 Å². The van der Waals surface area contributed by atoms with Crippen LogP contribution in [0.25, 0.3) is 0 Å². The molecule has 0 bridgehead atoms. The van der Waals surface area contributed by atoms with Gasteiger partial charge in [0.05, 0.1) is 24.2 Å². The Bertz CT molecular complexity index is 580. The van der Waals surface area contributed by atoms with Crippen LogP contribution in [0.1, 0.15) is 34.6 Å². The lowest BCUT2D eigenvalue weighted by Gasteiger charge is -2.20. The average molecular weight is 326 g/mol. The number of carbonyl (C=O) groups excluding carboxylic acids is 1. The van der Waals surface area contributed by atoms with Crippen LogP contribution >= 0.6 is 0 Å². The predicted molar refractivity (Wildman–Crippen MR) is 85.3 cm³/mol. The fourth-order valence-corrected chi connectivity index (χ4v) is 1.75. The number of hydrogen-bond acceptors (Lipinski definition) is 6. The number of amides is 1. The number of hydrogen-bond donors (Lipinski definition) is 1. The van der Waals surface area contributed by atoms with Crippen molar-refractivity contribution in [2.75, 3.05) is 18.5 Å². The Hall–Kier alpha value is -2.51. The Labute approximate surface area is 134 Å². The largest absolute Gasteiger partial charge is 0.490 e. The molecule has 0 radical (unpaired) electrons. The van der Waals surface area contributed by atoms with Crippen molar-refractivity contribution in [1.29, 1.82) is 0 Å². The first-order valence-electron chi connectivity index (χ1n) is 7.26. The predicted octanol–water partition coefficient (Wildman–Crippen LogP) is 3.74. The van der Waals surface area contributed by atoms with Crippen LogP contribution < -0.4 is 14.8 Å². The van der Waals surface area contributed by atoms with E-state index in [0.717, 1.165) is 0 Å². The van der Waals surface area contributed by atoms with Crippen LogP contribution in [0.4, 0.5) is 16.2 Å². The topological polar surface area (TPSA) is 99.9 Å². The van der Waals surface area contributed by atoms with Crippen LogP contribution in [0.15, 0.2) is 12.1 Å². The number of nitro benzene ring substituents is 1. The molecule has 0 saturated heterocycles. The van der Waals surface area contributed by atoms with E-state index in [-0.39, 0.29) is 17.1 Å². The molecule has 128 valence electrons. The van der Waals surface area contributed by atoms with Crippen LogP contribution in [-0.4, -0.2) is 29.8 Å². The van der Waals surface area contributed by atoms with E-state index in [2.05, 4.69) is 5.32 Å². The Morgan fingerprint density at radius 1 is 1.17 bits per heavy atom. The molecule has 0 spiro atoms. The van der Waals surface area contributed by atoms with Crippen LogP contribution in [0.3, 0.4) is 0 Å². The summed E-state index contributed by atoms with van der Waals surface area (Å²) in [6.45, 7) is 9.31. The molecule has 0 aromatic heterocycles. The molecule has 1 amide bonds. The summed E-state index contributed by atoms with van der Waals surface area (Å²) in [5.41, 5.74) is -1.04. The highest BCUT2D eigenvalue weighted by Crippen LogP contribution is 2.38. The van der Waals surface area contributed by atoms with E-state index in [9.17, 15) is 14.9 Å². The van der Waals surface area contributed by atoms with Crippen molar-refractivity contribution in [2.24, 2.45) is 0 Å². The minimum Gasteiger partial charge on any atom is -0.490 e. The highest BCUT2D eigenvalue weighted by atomic mass is 16.6. The average Bonchev–Trinajstić information content (AvgIpc) is 2.39. The maximum Gasteiger partial charge on any atom is 0.412 e. The van der Waals surface area contributed by atoms with E-state index in [1.54, 1.807) is 34.6 Å². The van der Waals surface area contributed by atoms with Gasteiger partial charge in [0.1, 0.15) is 11.3 Å². The molecule has 1 N–H and O–H groups in total. The van der Waals surface area contributed by atoms with E-state index in [1.807, 2.05) is 0 Å². The molecule has 0 aliphatic heterocycles. The van der Waals surface area contributed by atoms with E-state index in [0.29, 0.717) is 19.0 Å². The van der Waals surface area contributed by atoms with Gasteiger partial charge in [-0.3, -0.25) is 15.4 Å². The summed E-state index contributed by atoms with van der Waals surface area (Å²) in [4.78, 5) is 22.5. The first-order valence-corrected chi connectivity index (χ1v) is 7.26. The monoisotopic (exact) mass is 326 g/mol. The van der Waals surface area contributed by atoms with Crippen molar-refractivity contribution >= 4 is 17.5 Å². The lowest BCUT2D eigenvalue weighted by molar-refractivity contribution is -0.384. The lowest BCUT2D eigenvalue weighted by atomic mass is 10.2. The molecule has 1 rings (SSSR count). The molecule has 0 aliphatic carbocycles. The Morgan fingerprint density at radius 3 is 2.13 bits per heavy atom. The lowest BCUT2D eigenvalue weighted by Crippen LogP contribution is -2.27. The SMILES string of the molecule is CCOc1cc(NC(=O)OC(C)(C)C)c([N+](=O)[O-])cc1OCC. The number of carbonyl (C=O) groups is 1. The molecule has 0 atom stereocenters. The molecule has 8 nitrogen and oxygen atoms in total. The summed E-state index contributed by atoms with van der Waals surface area (Å²) in [5, 5.41) is 13.6. The second kappa shape index (κ2) is 7.66. The first-order chi connectivity index (χ1) is 10.7. The molecule has 1 aromatic rings. The highest BCUT2D eigenvalue weighted by molar-refractivity contribution is 5.89. The number of benzene rings is 1. The van der Waals surface area contributed by atoms with Gasteiger partial charge in [-0.2, -0.15) is 0 Å². The summed E-state index contributed by atoms with van der Waals surface area (Å²) in [6.07, 6.45) is -0.785. The molecule has 23 heavy (non-hydrogen) atoms. The van der Waals surface area contributed by atoms with Gasteiger partial charge in [0.25, 0.3) is 5.69 Å². The normalized spacial score (nSPS) is 10.8. The van der Waals surface area contributed by atoms with E-state index >= 15 is 0 Å². The molecular formula is C15H22N2O6. The van der Waals surface area contributed by atoms with Gasteiger partial charge in [-0.25, -0.2) is 4.79 Å². The molecular weight excluding hydrogens is 304 g/mol. The number of anilines is 1. The number of nitro groups is 1. The van der Waals surface area contributed by atoms with Gasteiger partial charge in [-0.15, -0.1) is 0 Å². The minimum absolute atomic E-state index is 0.0175. The summed E-state index contributed by atoms with van der Waals surface area (Å²) in [7, 11) is 0. The van der Waals surface area contributed by atoms with Gasteiger partial charge in [-0.1, -0.05) is 0 Å².